The molecule has 3 fully saturated rings. The molecule has 0 aromatic rings. The predicted octanol–water partition coefficient (Wildman–Crippen LogP) is 8.49. The fourth-order valence-electron chi connectivity index (χ4n) is 12.6. The number of allylic oxidation sites excluding steroid dienone is 4. The molecule has 6 aliphatic rings. The van der Waals surface area contributed by atoms with Crippen molar-refractivity contribution in [1.82, 2.24) is 0 Å². The van der Waals surface area contributed by atoms with E-state index in [-0.39, 0.29) is 45.4 Å². The molecule has 8 atom stereocenters. The SMILES string of the molecule is CC(C)C1=C2[C@H]3CC[C@@H]4[C@@]5(C)CC=C(C6=CC[C@](CF)(OC=O)CC6)C(C)(C)[C@@H]5CC[C@@]4(C)[C@]3(C)CC[C@@]2(CO)CC1=O. The molecule has 43 heavy (non-hydrogen) atoms. The van der Waals surface area contributed by atoms with Crippen LogP contribution in [0.4, 0.5) is 4.39 Å². The Kier molecular flexibility index (Phi) is 7.36. The van der Waals surface area contributed by atoms with Gasteiger partial charge in [-0.3, -0.25) is 9.59 Å². The molecule has 0 radical (unpaired) electrons. The van der Waals surface area contributed by atoms with E-state index in [1.807, 2.05) is 0 Å². The summed E-state index contributed by atoms with van der Waals surface area (Å²) in [6, 6.07) is 0. The van der Waals surface area contributed by atoms with Gasteiger partial charge in [-0.15, -0.1) is 0 Å². The van der Waals surface area contributed by atoms with Gasteiger partial charge in [0.05, 0.1) is 6.61 Å². The third kappa shape index (κ3) is 4.07. The number of carbonyl (C=O) groups is 2. The number of ketones is 1. The van der Waals surface area contributed by atoms with Crippen molar-refractivity contribution in [3.63, 3.8) is 0 Å². The summed E-state index contributed by atoms with van der Waals surface area (Å²) in [5, 5.41) is 10.8. The lowest BCUT2D eigenvalue weighted by Crippen LogP contribution is -2.64. The summed E-state index contributed by atoms with van der Waals surface area (Å²) in [5.74, 6) is 2.01. The summed E-state index contributed by atoms with van der Waals surface area (Å²) in [4.78, 5) is 24.5. The summed E-state index contributed by atoms with van der Waals surface area (Å²) >= 11 is 0. The number of alkyl halides is 1. The third-order valence-corrected chi connectivity index (χ3v) is 14.9. The van der Waals surface area contributed by atoms with Crippen molar-refractivity contribution in [2.45, 2.75) is 125 Å². The highest BCUT2D eigenvalue weighted by molar-refractivity contribution is 6.00. The largest absolute Gasteiger partial charge is 0.458 e. The first-order chi connectivity index (χ1) is 20.2. The van der Waals surface area contributed by atoms with E-state index in [0.717, 1.165) is 37.7 Å². The average Bonchev–Trinajstić information content (AvgIpc) is 3.26. The van der Waals surface area contributed by atoms with E-state index in [4.69, 9.17) is 4.74 Å². The molecule has 3 saturated carbocycles. The number of halogens is 1. The number of hydrogen-bond donors (Lipinski definition) is 1. The van der Waals surface area contributed by atoms with Crippen LogP contribution in [0.3, 0.4) is 0 Å². The number of Topliss-reactive ketones (excluding diaryl/α,β-unsaturated/α-hetero) is 1. The van der Waals surface area contributed by atoms with Gasteiger partial charge in [0.1, 0.15) is 12.3 Å². The van der Waals surface area contributed by atoms with Crippen molar-refractivity contribution in [1.29, 1.82) is 0 Å². The van der Waals surface area contributed by atoms with Gasteiger partial charge >= 0.3 is 0 Å². The Hall–Kier alpha value is -1.75. The third-order valence-electron chi connectivity index (χ3n) is 14.9. The van der Waals surface area contributed by atoms with Crippen LogP contribution in [0, 0.1) is 50.7 Å². The van der Waals surface area contributed by atoms with Gasteiger partial charge in [-0.25, -0.2) is 4.39 Å². The first-order valence-electron chi connectivity index (χ1n) is 17.1. The molecule has 4 nitrogen and oxygen atoms in total. The van der Waals surface area contributed by atoms with E-state index in [1.54, 1.807) is 0 Å². The van der Waals surface area contributed by atoms with Crippen LogP contribution in [-0.4, -0.2) is 36.2 Å². The van der Waals surface area contributed by atoms with Crippen molar-refractivity contribution >= 4 is 12.3 Å². The lowest BCUT2D eigenvalue weighted by atomic mass is 9.33. The molecule has 6 aliphatic carbocycles. The molecule has 0 amide bonds. The van der Waals surface area contributed by atoms with E-state index in [0.29, 0.717) is 43.5 Å². The Morgan fingerprint density at radius 1 is 0.977 bits per heavy atom. The van der Waals surface area contributed by atoms with Crippen LogP contribution in [0.5, 0.6) is 0 Å². The molecule has 0 heterocycles. The molecule has 0 saturated heterocycles. The van der Waals surface area contributed by atoms with Crippen molar-refractivity contribution in [2.75, 3.05) is 13.3 Å². The molecular formula is C38H55FO4. The minimum Gasteiger partial charge on any atom is -0.458 e. The minimum atomic E-state index is -0.998. The maximum absolute atomic E-state index is 13.9. The van der Waals surface area contributed by atoms with Gasteiger partial charge in [0.25, 0.3) is 6.47 Å². The predicted molar refractivity (Wildman–Crippen MR) is 168 cm³/mol. The summed E-state index contributed by atoms with van der Waals surface area (Å²) in [6.07, 6.45) is 14.7. The fourth-order valence-corrected chi connectivity index (χ4v) is 12.6. The Labute approximate surface area is 259 Å². The maximum atomic E-state index is 13.9. The fraction of sp³-hybridized carbons (Fsp3) is 0.789. The standard InChI is InChI=1S/C38H55FO4/c1-24(2)31-28(42)20-37(22-40)19-18-35(6)27(32(31)37)8-9-30-34(5)14-12-26(33(3,4)29(34)13-15-36(30,35)7)25-10-16-38(21-39,17-11-25)43-23-41/h10,12,23-24,27,29-30,40H,8-9,11,13-22H2,1-7H3/t27-,29+,30-,34+,35-,36-,37+,38+/m1/s1. The first-order valence-corrected chi connectivity index (χ1v) is 17.1. The molecule has 0 spiro atoms. The van der Waals surface area contributed by atoms with Gasteiger partial charge in [-0.2, -0.15) is 0 Å². The molecule has 0 aromatic heterocycles. The van der Waals surface area contributed by atoms with Crippen molar-refractivity contribution < 1.29 is 23.8 Å². The van der Waals surface area contributed by atoms with Crippen LogP contribution in [0.2, 0.25) is 0 Å². The average molecular weight is 595 g/mol. The van der Waals surface area contributed by atoms with Crippen LogP contribution >= 0.6 is 0 Å². The zero-order valence-corrected chi connectivity index (χ0v) is 27.8. The van der Waals surface area contributed by atoms with Crippen molar-refractivity contribution in [3.8, 4) is 0 Å². The number of rotatable bonds is 6. The van der Waals surface area contributed by atoms with Gasteiger partial charge in [-0.1, -0.05) is 66.2 Å². The van der Waals surface area contributed by atoms with E-state index < -0.39 is 12.3 Å². The number of carbonyl (C=O) groups excluding carboxylic acids is 2. The Morgan fingerprint density at radius 3 is 2.33 bits per heavy atom. The number of aliphatic hydroxyl groups excluding tert-OH is 1. The topological polar surface area (TPSA) is 63.6 Å². The summed E-state index contributed by atoms with van der Waals surface area (Å²) in [6.45, 7) is 16.8. The van der Waals surface area contributed by atoms with Crippen LogP contribution < -0.4 is 0 Å². The second-order valence-electron chi connectivity index (χ2n) is 17.1. The second kappa shape index (κ2) is 10.1. The molecule has 5 heteroatoms. The van der Waals surface area contributed by atoms with E-state index in [1.165, 1.54) is 36.0 Å². The molecule has 0 unspecified atom stereocenters. The second-order valence-corrected chi connectivity index (χ2v) is 17.1. The highest BCUT2D eigenvalue weighted by atomic mass is 19.1. The van der Waals surface area contributed by atoms with Crippen molar-refractivity contribution in [2.24, 2.45) is 50.7 Å². The zero-order valence-electron chi connectivity index (χ0n) is 27.8. The van der Waals surface area contributed by atoms with Crippen LogP contribution in [0.1, 0.15) is 119 Å². The smallest absolute Gasteiger partial charge is 0.293 e. The lowest BCUT2D eigenvalue weighted by molar-refractivity contribution is -0.200. The highest BCUT2D eigenvalue weighted by Crippen LogP contribution is 2.76. The normalized spacial score (nSPS) is 45.4. The van der Waals surface area contributed by atoms with Gasteiger partial charge in [0.15, 0.2) is 5.78 Å². The van der Waals surface area contributed by atoms with Gasteiger partial charge in [0, 0.05) is 18.3 Å². The Bertz CT molecular complexity index is 1290. The summed E-state index contributed by atoms with van der Waals surface area (Å²) < 4.78 is 19.1. The van der Waals surface area contributed by atoms with Gasteiger partial charge in [-0.05, 0) is 120 Å². The molecule has 0 aromatic carbocycles. The molecular weight excluding hydrogens is 539 g/mol. The minimum absolute atomic E-state index is 0.00294. The molecule has 6 rings (SSSR count). The highest BCUT2D eigenvalue weighted by Gasteiger charge is 2.69. The number of aliphatic hydroxyl groups is 1. The van der Waals surface area contributed by atoms with Gasteiger partial charge < -0.3 is 9.84 Å². The van der Waals surface area contributed by atoms with Crippen LogP contribution in [0.25, 0.3) is 0 Å². The number of fused-ring (bicyclic) bond motifs is 7. The number of ether oxygens (including phenoxy) is 1. The molecule has 238 valence electrons. The van der Waals surface area contributed by atoms with E-state index in [9.17, 15) is 19.1 Å². The van der Waals surface area contributed by atoms with E-state index in [2.05, 4.69) is 60.6 Å². The number of hydrogen-bond acceptors (Lipinski definition) is 4. The Balaban J connectivity index is 1.35. The van der Waals surface area contributed by atoms with Crippen molar-refractivity contribution in [3.05, 3.63) is 34.4 Å². The molecule has 0 aliphatic heterocycles. The Morgan fingerprint density at radius 2 is 1.72 bits per heavy atom. The summed E-state index contributed by atoms with van der Waals surface area (Å²) in [5.41, 5.74) is 4.28. The van der Waals surface area contributed by atoms with Crippen LogP contribution in [0.15, 0.2) is 34.4 Å². The quantitative estimate of drug-likeness (QED) is 0.313. The first kappa shape index (κ1) is 31.2. The van der Waals surface area contributed by atoms with Crippen LogP contribution in [-0.2, 0) is 14.3 Å². The molecule has 0 bridgehead atoms. The van der Waals surface area contributed by atoms with Gasteiger partial charge in [0.2, 0.25) is 0 Å². The zero-order chi connectivity index (χ0) is 31.2. The monoisotopic (exact) mass is 594 g/mol. The van der Waals surface area contributed by atoms with E-state index >= 15 is 0 Å². The summed E-state index contributed by atoms with van der Waals surface area (Å²) in [7, 11) is 0. The lowest BCUT2D eigenvalue weighted by Gasteiger charge is -2.71. The maximum Gasteiger partial charge on any atom is 0.293 e. The molecule has 1 N–H and O–H groups in total.